The molecule has 2 saturated carbocycles. The summed E-state index contributed by atoms with van der Waals surface area (Å²) in [5, 5.41) is 13.7. The first-order valence-electron chi connectivity index (χ1n) is 9.17. The number of aliphatic hydroxyl groups excluding tert-OH is 1. The van der Waals surface area contributed by atoms with Crippen LogP contribution in [0.25, 0.3) is 0 Å². The standard InChI is InChI=1S/C18H36N2O/c1-5-16(6-2)20(12-14(3)4)17-9-10-18(11-17,13-21)19-15-7-8-15/h14-17,19,21H,5-13H2,1-4H3. The molecule has 2 rings (SSSR count). The summed E-state index contributed by atoms with van der Waals surface area (Å²) < 4.78 is 0. The fraction of sp³-hybridized carbons (Fsp3) is 1.00. The highest BCUT2D eigenvalue weighted by molar-refractivity contribution is 5.03. The van der Waals surface area contributed by atoms with E-state index >= 15 is 0 Å². The van der Waals surface area contributed by atoms with Crippen LogP contribution in [-0.2, 0) is 0 Å². The van der Waals surface area contributed by atoms with Crippen molar-refractivity contribution < 1.29 is 5.11 Å². The monoisotopic (exact) mass is 296 g/mol. The van der Waals surface area contributed by atoms with Crippen molar-refractivity contribution in [2.75, 3.05) is 13.2 Å². The van der Waals surface area contributed by atoms with Crippen molar-refractivity contribution in [3.8, 4) is 0 Å². The van der Waals surface area contributed by atoms with E-state index in [1.54, 1.807) is 0 Å². The third-order valence-electron chi connectivity index (χ3n) is 5.43. The van der Waals surface area contributed by atoms with Crippen molar-refractivity contribution >= 4 is 0 Å². The number of nitrogens with zero attached hydrogens (tertiary/aromatic N) is 1. The summed E-state index contributed by atoms with van der Waals surface area (Å²) >= 11 is 0. The maximum Gasteiger partial charge on any atom is 0.0614 e. The number of hydrogen-bond donors (Lipinski definition) is 2. The molecule has 0 heterocycles. The average Bonchev–Trinajstić information content (AvgIpc) is 3.16. The van der Waals surface area contributed by atoms with E-state index in [4.69, 9.17) is 0 Å². The van der Waals surface area contributed by atoms with Crippen molar-refractivity contribution in [3.05, 3.63) is 0 Å². The Labute approximate surface area is 131 Å². The van der Waals surface area contributed by atoms with Crippen molar-refractivity contribution in [3.63, 3.8) is 0 Å². The van der Waals surface area contributed by atoms with Crippen LogP contribution in [0.15, 0.2) is 0 Å². The number of rotatable bonds is 9. The highest BCUT2D eigenvalue weighted by Crippen LogP contribution is 2.37. The molecule has 124 valence electrons. The Morgan fingerprint density at radius 2 is 1.86 bits per heavy atom. The predicted molar refractivity (Wildman–Crippen MR) is 89.5 cm³/mol. The second-order valence-corrected chi connectivity index (χ2v) is 7.81. The van der Waals surface area contributed by atoms with E-state index in [0.717, 1.165) is 12.8 Å². The molecule has 2 N–H and O–H groups in total. The Morgan fingerprint density at radius 1 is 1.19 bits per heavy atom. The summed E-state index contributed by atoms with van der Waals surface area (Å²) in [5.74, 6) is 0.714. The van der Waals surface area contributed by atoms with E-state index in [2.05, 4.69) is 37.9 Å². The van der Waals surface area contributed by atoms with E-state index in [1.165, 1.54) is 38.6 Å². The minimum absolute atomic E-state index is 0.00704. The van der Waals surface area contributed by atoms with Crippen molar-refractivity contribution in [2.24, 2.45) is 5.92 Å². The lowest BCUT2D eigenvalue weighted by atomic mass is 9.97. The van der Waals surface area contributed by atoms with Gasteiger partial charge in [0.25, 0.3) is 0 Å². The van der Waals surface area contributed by atoms with Gasteiger partial charge in [0.2, 0.25) is 0 Å². The van der Waals surface area contributed by atoms with Gasteiger partial charge in [-0.05, 0) is 50.9 Å². The highest BCUT2D eigenvalue weighted by Gasteiger charge is 2.44. The molecular formula is C18H36N2O. The van der Waals surface area contributed by atoms with Gasteiger partial charge in [-0.25, -0.2) is 0 Å². The van der Waals surface area contributed by atoms with Gasteiger partial charge in [-0.15, -0.1) is 0 Å². The van der Waals surface area contributed by atoms with E-state index in [1.807, 2.05) is 0 Å². The van der Waals surface area contributed by atoms with Gasteiger partial charge in [-0.3, -0.25) is 4.90 Å². The first kappa shape index (κ1) is 17.2. The zero-order valence-corrected chi connectivity index (χ0v) is 14.6. The molecule has 0 aliphatic heterocycles. The van der Waals surface area contributed by atoms with Gasteiger partial charge in [0.05, 0.1) is 6.61 Å². The molecule has 21 heavy (non-hydrogen) atoms. The summed E-state index contributed by atoms with van der Waals surface area (Å²) in [4.78, 5) is 2.76. The van der Waals surface area contributed by atoms with E-state index in [-0.39, 0.29) is 5.54 Å². The Hall–Kier alpha value is -0.120. The molecule has 2 fully saturated rings. The Bertz CT molecular complexity index is 312. The van der Waals surface area contributed by atoms with Gasteiger partial charge >= 0.3 is 0 Å². The summed E-state index contributed by atoms with van der Waals surface area (Å²) in [6.45, 7) is 10.8. The smallest absolute Gasteiger partial charge is 0.0614 e. The third-order valence-corrected chi connectivity index (χ3v) is 5.43. The van der Waals surface area contributed by atoms with Crippen molar-refractivity contribution in [1.82, 2.24) is 10.2 Å². The molecule has 0 radical (unpaired) electrons. The van der Waals surface area contributed by atoms with Crippen LogP contribution in [0.3, 0.4) is 0 Å². The Balaban J connectivity index is 2.02. The second-order valence-electron chi connectivity index (χ2n) is 7.81. The fourth-order valence-electron chi connectivity index (χ4n) is 4.14. The Morgan fingerprint density at radius 3 is 2.33 bits per heavy atom. The molecular weight excluding hydrogens is 260 g/mol. The minimum atomic E-state index is 0.00704. The molecule has 2 aliphatic carbocycles. The lowest BCUT2D eigenvalue weighted by Crippen LogP contribution is -2.50. The normalized spacial score (nSPS) is 30.0. The Kier molecular flexibility index (Phi) is 6.10. The third kappa shape index (κ3) is 4.43. The van der Waals surface area contributed by atoms with Crippen LogP contribution in [0.1, 0.15) is 72.6 Å². The van der Waals surface area contributed by atoms with Crippen LogP contribution in [0.5, 0.6) is 0 Å². The highest BCUT2D eigenvalue weighted by atomic mass is 16.3. The molecule has 0 aromatic heterocycles. The lowest BCUT2D eigenvalue weighted by molar-refractivity contribution is 0.0955. The van der Waals surface area contributed by atoms with Gasteiger partial charge in [0, 0.05) is 30.2 Å². The second kappa shape index (κ2) is 7.43. The number of aliphatic hydroxyl groups is 1. The van der Waals surface area contributed by atoms with Gasteiger partial charge in [-0.1, -0.05) is 27.7 Å². The molecule has 0 saturated heterocycles. The summed E-state index contributed by atoms with van der Waals surface area (Å²) in [7, 11) is 0. The number of nitrogens with one attached hydrogen (secondary N) is 1. The molecule has 3 heteroatoms. The van der Waals surface area contributed by atoms with Crippen molar-refractivity contribution in [1.29, 1.82) is 0 Å². The maximum absolute atomic E-state index is 9.95. The van der Waals surface area contributed by atoms with Crippen LogP contribution >= 0.6 is 0 Å². The molecule has 2 aliphatic rings. The van der Waals surface area contributed by atoms with Gasteiger partial charge in [0.15, 0.2) is 0 Å². The van der Waals surface area contributed by atoms with Crippen LogP contribution in [0, 0.1) is 5.92 Å². The van der Waals surface area contributed by atoms with Crippen LogP contribution in [-0.4, -0.2) is 46.8 Å². The number of hydrogen-bond acceptors (Lipinski definition) is 3. The van der Waals surface area contributed by atoms with Gasteiger partial charge < -0.3 is 10.4 Å². The molecule has 3 nitrogen and oxygen atoms in total. The van der Waals surface area contributed by atoms with Crippen LogP contribution < -0.4 is 5.32 Å². The topological polar surface area (TPSA) is 35.5 Å². The van der Waals surface area contributed by atoms with E-state index < -0.39 is 0 Å². The van der Waals surface area contributed by atoms with Crippen LogP contribution in [0.2, 0.25) is 0 Å². The zero-order valence-electron chi connectivity index (χ0n) is 14.6. The molecule has 0 aromatic carbocycles. The summed E-state index contributed by atoms with van der Waals surface area (Å²) in [6.07, 6.45) is 8.58. The summed E-state index contributed by atoms with van der Waals surface area (Å²) in [5.41, 5.74) is 0.00704. The quantitative estimate of drug-likeness (QED) is 0.686. The molecule has 0 spiro atoms. The summed E-state index contributed by atoms with van der Waals surface area (Å²) in [6, 6.07) is 2.03. The van der Waals surface area contributed by atoms with Crippen molar-refractivity contribution in [2.45, 2.75) is 96.3 Å². The molecule has 0 aromatic rings. The van der Waals surface area contributed by atoms with E-state index in [0.29, 0.717) is 30.7 Å². The first-order valence-corrected chi connectivity index (χ1v) is 9.17. The zero-order chi connectivity index (χ0) is 15.5. The largest absolute Gasteiger partial charge is 0.394 e. The first-order chi connectivity index (χ1) is 10.0. The average molecular weight is 296 g/mol. The molecule has 2 unspecified atom stereocenters. The molecule has 0 bridgehead atoms. The molecule has 2 atom stereocenters. The maximum atomic E-state index is 9.95. The van der Waals surface area contributed by atoms with Gasteiger partial charge in [-0.2, -0.15) is 0 Å². The van der Waals surface area contributed by atoms with E-state index in [9.17, 15) is 5.11 Å². The van der Waals surface area contributed by atoms with Gasteiger partial charge in [0.1, 0.15) is 0 Å². The lowest BCUT2D eigenvalue weighted by Gasteiger charge is -2.38. The van der Waals surface area contributed by atoms with Crippen LogP contribution in [0.4, 0.5) is 0 Å². The predicted octanol–water partition coefficient (Wildman–Crippen LogP) is 3.17. The fourth-order valence-corrected chi connectivity index (χ4v) is 4.14. The SMILES string of the molecule is CCC(CC)N(CC(C)C)C1CCC(CO)(NC2CC2)C1. The minimum Gasteiger partial charge on any atom is -0.394 e. The molecule has 0 amide bonds.